The van der Waals surface area contributed by atoms with E-state index < -0.39 is 0 Å². The molecule has 0 aliphatic heterocycles. The van der Waals surface area contributed by atoms with Gasteiger partial charge in [-0.05, 0) is 24.3 Å². The molecule has 7 nitrogen and oxygen atoms in total. The maximum atomic E-state index is 12.6. The van der Waals surface area contributed by atoms with Gasteiger partial charge in [0.2, 0.25) is 0 Å². The molecule has 0 aliphatic rings. The van der Waals surface area contributed by atoms with Crippen LogP contribution in [0.2, 0.25) is 0 Å². The Morgan fingerprint density at radius 3 is 2.52 bits per heavy atom. The quantitative estimate of drug-likeness (QED) is 0.535. The van der Waals surface area contributed by atoms with E-state index >= 15 is 0 Å². The van der Waals surface area contributed by atoms with Crippen LogP contribution < -0.4 is 10.1 Å². The molecule has 7 heteroatoms. The second-order valence-electron chi connectivity index (χ2n) is 5.74. The maximum Gasteiger partial charge on any atom is 0.272 e. The van der Waals surface area contributed by atoms with Crippen LogP contribution in [0.5, 0.6) is 5.75 Å². The van der Waals surface area contributed by atoms with E-state index in [-0.39, 0.29) is 5.91 Å². The number of carbonyl (C=O) groups is 1. The molecule has 1 amide bonds. The third-order valence-corrected chi connectivity index (χ3v) is 3.94. The Balaban J connectivity index is 1.50. The number of nitrogens with zero attached hydrogens (tertiary/aromatic N) is 4. The Morgan fingerprint density at radius 1 is 0.963 bits per heavy atom. The third-order valence-electron chi connectivity index (χ3n) is 3.94. The van der Waals surface area contributed by atoms with E-state index in [9.17, 15) is 4.79 Å². The van der Waals surface area contributed by atoms with Gasteiger partial charge in [0.15, 0.2) is 5.69 Å². The first kappa shape index (κ1) is 16.7. The van der Waals surface area contributed by atoms with E-state index in [1.54, 1.807) is 23.1 Å². The Kier molecular flexibility index (Phi) is 4.74. The summed E-state index contributed by atoms with van der Waals surface area (Å²) >= 11 is 0. The first-order valence-electron chi connectivity index (χ1n) is 8.54. The SMILES string of the molecule is O=C(NCCOc1ccccc1)c1nn(-c2ncccn2)c2ccccc12. The van der Waals surface area contributed by atoms with Crippen molar-refractivity contribution in [2.24, 2.45) is 0 Å². The molecule has 0 spiro atoms. The molecule has 2 heterocycles. The second-order valence-corrected chi connectivity index (χ2v) is 5.74. The smallest absolute Gasteiger partial charge is 0.272 e. The van der Waals surface area contributed by atoms with E-state index in [1.165, 1.54) is 0 Å². The molecule has 27 heavy (non-hydrogen) atoms. The summed E-state index contributed by atoms with van der Waals surface area (Å²) in [6, 6.07) is 18.7. The molecule has 2 aromatic carbocycles. The van der Waals surface area contributed by atoms with Crippen LogP contribution >= 0.6 is 0 Å². The zero-order valence-electron chi connectivity index (χ0n) is 14.4. The zero-order chi connectivity index (χ0) is 18.5. The van der Waals surface area contributed by atoms with Crippen LogP contribution in [0.1, 0.15) is 10.5 Å². The molecule has 4 aromatic rings. The van der Waals surface area contributed by atoms with Crippen LogP contribution in [0, 0.1) is 0 Å². The number of para-hydroxylation sites is 2. The minimum Gasteiger partial charge on any atom is -0.492 e. The number of benzene rings is 2. The number of amides is 1. The van der Waals surface area contributed by atoms with Crippen LogP contribution in [-0.4, -0.2) is 38.8 Å². The lowest BCUT2D eigenvalue weighted by atomic mass is 10.2. The molecular weight excluding hydrogens is 342 g/mol. The van der Waals surface area contributed by atoms with Crippen molar-refractivity contribution in [3.63, 3.8) is 0 Å². The highest BCUT2D eigenvalue weighted by molar-refractivity contribution is 6.05. The van der Waals surface area contributed by atoms with Gasteiger partial charge < -0.3 is 10.1 Å². The van der Waals surface area contributed by atoms with Gasteiger partial charge in [-0.15, -0.1) is 0 Å². The van der Waals surface area contributed by atoms with E-state index in [2.05, 4.69) is 20.4 Å². The van der Waals surface area contributed by atoms with Gasteiger partial charge in [0.1, 0.15) is 12.4 Å². The minimum absolute atomic E-state index is 0.266. The van der Waals surface area contributed by atoms with Gasteiger partial charge in [-0.2, -0.15) is 9.78 Å². The van der Waals surface area contributed by atoms with Crippen LogP contribution in [0.25, 0.3) is 16.9 Å². The summed E-state index contributed by atoms with van der Waals surface area (Å²) in [6.07, 6.45) is 3.28. The Bertz CT molecular complexity index is 1050. The fraction of sp³-hybridized carbons (Fsp3) is 0.100. The lowest BCUT2D eigenvalue weighted by Gasteiger charge is -2.06. The fourth-order valence-electron chi connectivity index (χ4n) is 2.72. The molecule has 0 unspecified atom stereocenters. The van der Waals surface area contributed by atoms with Crippen LogP contribution in [0.3, 0.4) is 0 Å². The van der Waals surface area contributed by atoms with Crippen LogP contribution in [0.4, 0.5) is 0 Å². The summed E-state index contributed by atoms with van der Waals surface area (Å²) in [5.41, 5.74) is 1.10. The molecule has 4 rings (SSSR count). The van der Waals surface area contributed by atoms with Crippen molar-refractivity contribution in [3.8, 4) is 11.7 Å². The van der Waals surface area contributed by atoms with Gasteiger partial charge in [-0.3, -0.25) is 4.79 Å². The summed E-state index contributed by atoms with van der Waals surface area (Å²) in [4.78, 5) is 21.1. The topological polar surface area (TPSA) is 81.9 Å². The number of aromatic nitrogens is 4. The number of nitrogens with one attached hydrogen (secondary N) is 1. The van der Waals surface area contributed by atoms with Crippen molar-refractivity contribution in [2.75, 3.05) is 13.2 Å². The molecule has 0 atom stereocenters. The number of carbonyl (C=O) groups excluding carboxylic acids is 1. The largest absolute Gasteiger partial charge is 0.492 e. The van der Waals surface area contributed by atoms with Crippen molar-refractivity contribution in [1.29, 1.82) is 0 Å². The number of hydrogen-bond donors (Lipinski definition) is 1. The van der Waals surface area contributed by atoms with Crippen molar-refractivity contribution in [2.45, 2.75) is 0 Å². The van der Waals surface area contributed by atoms with Gasteiger partial charge in [0, 0.05) is 17.8 Å². The highest BCUT2D eigenvalue weighted by atomic mass is 16.5. The predicted molar refractivity (Wildman–Crippen MR) is 101 cm³/mol. The summed E-state index contributed by atoms with van der Waals surface area (Å²) in [5.74, 6) is 0.917. The first-order chi connectivity index (χ1) is 13.3. The van der Waals surface area contributed by atoms with E-state index in [0.717, 1.165) is 16.7 Å². The molecule has 0 aliphatic carbocycles. The molecule has 0 bridgehead atoms. The van der Waals surface area contributed by atoms with E-state index in [0.29, 0.717) is 24.8 Å². The monoisotopic (exact) mass is 359 g/mol. The fourth-order valence-corrected chi connectivity index (χ4v) is 2.72. The lowest BCUT2D eigenvalue weighted by molar-refractivity contribution is 0.0943. The highest BCUT2D eigenvalue weighted by Crippen LogP contribution is 2.20. The Morgan fingerprint density at radius 2 is 1.70 bits per heavy atom. The summed E-state index contributed by atoms with van der Waals surface area (Å²) in [7, 11) is 0. The molecule has 0 saturated heterocycles. The van der Waals surface area contributed by atoms with Crippen molar-refractivity contribution >= 4 is 16.8 Å². The number of ether oxygens (including phenoxy) is 1. The zero-order valence-corrected chi connectivity index (χ0v) is 14.4. The maximum absolute atomic E-state index is 12.6. The Hall–Kier alpha value is -3.74. The lowest BCUT2D eigenvalue weighted by Crippen LogP contribution is -2.28. The molecule has 134 valence electrons. The van der Waals surface area contributed by atoms with E-state index in [4.69, 9.17) is 4.74 Å². The average Bonchev–Trinajstić information content (AvgIpc) is 3.12. The van der Waals surface area contributed by atoms with Gasteiger partial charge in [-0.25, -0.2) is 9.97 Å². The first-order valence-corrected chi connectivity index (χ1v) is 8.54. The number of hydrogen-bond acceptors (Lipinski definition) is 5. The van der Waals surface area contributed by atoms with Crippen molar-refractivity contribution in [3.05, 3.63) is 78.8 Å². The molecule has 2 aromatic heterocycles. The summed E-state index contributed by atoms with van der Waals surface area (Å²) in [5, 5.41) is 8.02. The van der Waals surface area contributed by atoms with Crippen LogP contribution in [-0.2, 0) is 0 Å². The number of fused-ring (bicyclic) bond motifs is 1. The van der Waals surface area contributed by atoms with E-state index in [1.807, 2.05) is 54.6 Å². The van der Waals surface area contributed by atoms with Gasteiger partial charge >= 0.3 is 0 Å². The van der Waals surface area contributed by atoms with Crippen LogP contribution in [0.15, 0.2) is 73.1 Å². The summed E-state index contributed by atoms with van der Waals surface area (Å²) < 4.78 is 7.17. The molecule has 0 fully saturated rings. The molecule has 0 radical (unpaired) electrons. The normalized spacial score (nSPS) is 10.7. The summed E-state index contributed by atoms with van der Waals surface area (Å²) in [6.45, 7) is 0.743. The van der Waals surface area contributed by atoms with Crippen molar-refractivity contribution < 1.29 is 9.53 Å². The van der Waals surface area contributed by atoms with Gasteiger partial charge in [-0.1, -0.05) is 36.4 Å². The van der Waals surface area contributed by atoms with Gasteiger partial charge in [0.05, 0.1) is 12.1 Å². The molecule has 0 saturated carbocycles. The molecular formula is C20H17N5O2. The van der Waals surface area contributed by atoms with Crippen molar-refractivity contribution in [1.82, 2.24) is 25.1 Å². The minimum atomic E-state index is -0.266. The second kappa shape index (κ2) is 7.65. The Labute approximate surface area is 155 Å². The highest BCUT2D eigenvalue weighted by Gasteiger charge is 2.18. The predicted octanol–water partition coefficient (Wildman–Crippen LogP) is 2.62. The van der Waals surface area contributed by atoms with Gasteiger partial charge in [0.25, 0.3) is 11.9 Å². The number of rotatable bonds is 6. The average molecular weight is 359 g/mol. The molecule has 1 N–H and O–H groups in total. The third kappa shape index (κ3) is 3.62. The standard InChI is InChI=1S/C20H17N5O2/c26-19(21-13-14-27-15-7-2-1-3-8-15)18-16-9-4-5-10-17(16)25(24-18)20-22-11-6-12-23-20/h1-12H,13-14H2,(H,21,26).